The highest BCUT2D eigenvalue weighted by Crippen LogP contribution is 2.28. The predicted molar refractivity (Wildman–Crippen MR) is 82.7 cm³/mol. The van der Waals surface area contributed by atoms with E-state index in [1.165, 1.54) is 0 Å². The molecule has 0 bridgehead atoms. The molecule has 0 aliphatic carbocycles. The zero-order valence-corrected chi connectivity index (χ0v) is 13.5. The first kappa shape index (κ1) is 15.7. The van der Waals surface area contributed by atoms with Gasteiger partial charge in [-0.3, -0.25) is 9.59 Å². The van der Waals surface area contributed by atoms with Crippen LogP contribution in [0.2, 0.25) is 0 Å². The van der Waals surface area contributed by atoms with Crippen LogP contribution in [0, 0.1) is 5.92 Å². The zero-order valence-electron chi connectivity index (χ0n) is 12.7. The smallest absolute Gasteiger partial charge is 0.246 e. The molecule has 0 saturated carbocycles. The van der Waals surface area contributed by atoms with Crippen LogP contribution in [0.3, 0.4) is 0 Å². The van der Waals surface area contributed by atoms with Gasteiger partial charge in [-0.1, -0.05) is 27.2 Å². The standard InChI is InChI=1S/C15H26N2O2S/c1-4-10(3)13-15(19)17(11-6-8-20-9-7-11)12(5-2)14(18)16-13/h10-13H,4-9H2,1-3H3,(H,16,18). The van der Waals surface area contributed by atoms with Crippen LogP contribution in [-0.4, -0.2) is 46.3 Å². The summed E-state index contributed by atoms with van der Waals surface area (Å²) in [6, 6.07) is -0.341. The van der Waals surface area contributed by atoms with Crippen molar-refractivity contribution in [3.63, 3.8) is 0 Å². The Labute approximate surface area is 126 Å². The second-order valence-corrected chi connectivity index (χ2v) is 7.11. The van der Waals surface area contributed by atoms with Gasteiger partial charge >= 0.3 is 0 Å². The normalized spacial score (nSPS) is 30.2. The fourth-order valence-corrected chi connectivity index (χ4v) is 4.23. The molecule has 0 aromatic heterocycles. The van der Waals surface area contributed by atoms with Crippen molar-refractivity contribution in [3.8, 4) is 0 Å². The third kappa shape index (κ3) is 2.97. The lowest BCUT2D eigenvalue weighted by Crippen LogP contribution is -2.67. The molecule has 0 aromatic carbocycles. The number of amides is 2. The number of carbonyl (C=O) groups is 2. The molecule has 20 heavy (non-hydrogen) atoms. The molecule has 2 amide bonds. The third-order valence-electron chi connectivity index (χ3n) is 4.64. The Morgan fingerprint density at radius 1 is 1.30 bits per heavy atom. The van der Waals surface area contributed by atoms with Crippen LogP contribution in [0.4, 0.5) is 0 Å². The molecule has 2 aliphatic rings. The topological polar surface area (TPSA) is 49.4 Å². The minimum Gasteiger partial charge on any atom is -0.342 e. The molecule has 1 N–H and O–H groups in total. The second kappa shape index (κ2) is 6.83. The maximum absolute atomic E-state index is 12.8. The highest BCUT2D eigenvalue weighted by atomic mass is 32.2. The fraction of sp³-hybridized carbons (Fsp3) is 0.867. The quantitative estimate of drug-likeness (QED) is 0.864. The monoisotopic (exact) mass is 298 g/mol. The van der Waals surface area contributed by atoms with E-state index >= 15 is 0 Å². The Bertz CT molecular complexity index is 369. The zero-order chi connectivity index (χ0) is 14.7. The number of nitrogens with one attached hydrogen (secondary N) is 1. The molecule has 5 heteroatoms. The SMILES string of the molecule is CCC(C)C1NC(=O)C(CC)N(C2CCSCC2)C1=O. The Hall–Kier alpha value is -0.710. The number of thioether (sulfide) groups is 1. The molecular weight excluding hydrogens is 272 g/mol. The number of hydrogen-bond acceptors (Lipinski definition) is 3. The van der Waals surface area contributed by atoms with Gasteiger partial charge < -0.3 is 10.2 Å². The van der Waals surface area contributed by atoms with Crippen molar-refractivity contribution >= 4 is 23.6 Å². The summed E-state index contributed by atoms with van der Waals surface area (Å²) < 4.78 is 0. The molecule has 114 valence electrons. The molecule has 2 saturated heterocycles. The number of hydrogen-bond donors (Lipinski definition) is 1. The van der Waals surface area contributed by atoms with E-state index in [1.807, 2.05) is 30.5 Å². The van der Waals surface area contributed by atoms with Gasteiger partial charge in [-0.15, -0.1) is 0 Å². The van der Waals surface area contributed by atoms with Crippen LogP contribution < -0.4 is 5.32 Å². The molecule has 2 aliphatic heterocycles. The first-order chi connectivity index (χ1) is 9.60. The van der Waals surface area contributed by atoms with E-state index < -0.39 is 0 Å². The molecule has 3 atom stereocenters. The van der Waals surface area contributed by atoms with E-state index in [0.29, 0.717) is 6.42 Å². The minimum atomic E-state index is -0.329. The summed E-state index contributed by atoms with van der Waals surface area (Å²) in [7, 11) is 0. The van der Waals surface area contributed by atoms with E-state index in [4.69, 9.17) is 0 Å². The van der Waals surface area contributed by atoms with E-state index in [-0.39, 0.29) is 35.9 Å². The highest BCUT2D eigenvalue weighted by molar-refractivity contribution is 7.99. The summed E-state index contributed by atoms with van der Waals surface area (Å²) in [6.45, 7) is 6.10. The molecule has 4 nitrogen and oxygen atoms in total. The van der Waals surface area contributed by atoms with Crippen LogP contribution in [0.5, 0.6) is 0 Å². The average molecular weight is 298 g/mol. The van der Waals surface area contributed by atoms with Gasteiger partial charge in [0, 0.05) is 6.04 Å². The van der Waals surface area contributed by atoms with Crippen molar-refractivity contribution in [2.75, 3.05) is 11.5 Å². The van der Waals surface area contributed by atoms with Gasteiger partial charge in [0.05, 0.1) is 0 Å². The number of rotatable bonds is 4. The molecule has 2 heterocycles. The van der Waals surface area contributed by atoms with Gasteiger partial charge in [-0.2, -0.15) is 11.8 Å². The van der Waals surface area contributed by atoms with Crippen LogP contribution in [0.1, 0.15) is 46.5 Å². The van der Waals surface area contributed by atoms with Gasteiger partial charge in [0.25, 0.3) is 0 Å². The maximum Gasteiger partial charge on any atom is 0.246 e. The molecule has 2 fully saturated rings. The Morgan fingerprint density at radius 2 is 1.95 bits per heavy atom. The van der Waals surface area contributed by atoms with Gasteiger partial charge in [0.15, 0.2) is 0 Å². The molecule has 0 radical (unpaired) electrons. The molecule has 3 unspecified atom stereocenters. The van der Waals surface area contributed by atoms with Crippen molar-refractivity contribution in [2.24, 2.45) is 5.92 Å². The molecular formula is C15H26N2O2S. The first-order valence-electron chi connectivity index (χ1n) is 7.80. The van der Waals surface area contributed by atoms with Crippen LogP contribution in [0.25, 0.3) is 0 Å². The molecule has 0 aromatic rings. The van der Waals surface area contributed by atoms with E-state index in [1.54, 1.807) is 0 Å². The first-order valence-corrected chi connectivity index (χ1v) is 8.95. The Morgan fingerprint density at radius 3 is 2.50 bits per heavy atom. The molecule has 2 rings (SSSR count). The lowest BCUT2D eigenvalue weighted by molar-refractivity contribution is -0.154. The number of nitrogens with zero attached hydrogens (tertiary/aromatic N) is 1. The minimum absolute atomic E-state index is 0.0376. The summed E-state index contributed by atoms with van der Waals surface area (Å²) >= 11 is 1.95. The van der Waals surface area contributed by atoms with Crippen molar-refractivity contribution in [1.29, 1.82) is 0 Å². The van der Waals surface area contributed by atoms with Gasteiger partial charge in [-0.25, -0.2) is 0 Å². The van der Waals surface area contributed by atoms with Crippen molar-refractivity contribution in [3.05, 3.63) is 0 Å². The highest BCUT2D eigenvalue weighted by Gasteiger charge is 2.44. The van der Waals surface area contributed by atoms with Crippen LogP contribution in [-0.2, 0) is 9.59 Å². The van der Waals surface area contributed by atoms with Crippen LogP contribution in [0.15, 0.2) is 0 Å². The number of carbonyl (C=O) groups excluding carboxylic acids is 2. The third-order valence-corrected chi connectivity index (χ3v) is 5.69. The second-order valence-electron chi connectivity index (χ2n) is 5.88. The Balaban J connectivity index is 2.22. The lowest BCUT2D eigenvalue weighted by atomic mass is 9.91. The summed E-state index contributed by atoms with van der Waals surface area (Å²) in [5.41, 5.74) is 0. The summed E-state index contributed by atoms with van der Waals surface area (Å²) in [5.74, 6) is 2.57. The van der Waals surface area contributed by atoms with E-state index in [2.05, 4.69) is 12.2 Å². The van der Waals surface area contributed by atoms with Gasteiger partial charge in [-0.05, 0) is 36.7 Å². The van der Waals surface area contributed by atoms with Gasteiger partial charge in [0.1, 0.15) is 12.1 Å². The van der Waals surface area contributed by atoms with Gasteiger partial charge in [0.2, 0.25) is 11.8 Å². The van der Waals surface area contributed by atoms with Crippen molar-refractivity contribution in [2.45, 2.75) is 64.6 Å². The fourth-order valence-electron chi connectivity index (χ4n) is 3.15. The maximum atomic E-state index is 12.8. The largest absolute Gasteiger partial charge is 0.342 e. The van der Waals surface area contributed by atoms with Crippen molar-refractivity contribution < 1.29 is 9.59 Å². The van der Waals surface area contributed by atoms with E-state index in [0.717, 1.165) is 30.8 Å². The summed E-state index contributed by atoms with van der Waals surface area (Å²) in [5, 5.41) is 2.95. The lowest BCUT2D eigenvalue weighted by Gasteiger charge is -2.45. The average Bonchev–Trinajstić information content (AvgIpc) is 2.48. The van der Waals surface area contributed by atoms with Crippen LogP contribution >= 0.6 is 11.8 Å². The summed E-state index contributed by atoms with van der Waals surface area (Å²) in [4.78, 5) is 27.1. The predicted octanol–water partition coefficient (Wildman–Crippen LogP) is 2.03. The number of piperazine rings is 1. The van der Waals surface area contributed by atoms with E-state index in [9.17, 15) is 9.59 Å². The Kier molecular flexibility index (Phi) is 5.35. The summed E-state index contributed by atoms with van der Waals surface area (Å²) in [6.07, 6.45) is 3.65. The molecule has 0 spiro atoms. The van der Waals surface area contributed by atoms with Crippen molar-refractivity contribution in [1.82, 2.24) is 10.2 Å².